The molecule has 1 unspecified atom stereocenters. The van der Waals surface area contributed by atoms with Gasteiger partial charge < -0.3 is 15.0 Å². The van der Waals surface area contributed by atoms with Crippen LogP contribution < -0.4 is 5.73 Å². The molecule has 0 amide bonds. The molecular weight excluding hydrogens is 232 g/mol. The van der Waals surface area contributed by atoms with E-state index in [0.717, 1.165) is 17.7 Å². The molecule has 0 bridgehead atoms. The van der Waals surface area contributed by atoms with Gasteiger partial charge in [-0.1, -0.05) is 18.1 Å². The molecule has 2 aromatic heterocycles. The van der Waals surface area contributed by atoms with E-state index in [9.17, 15) is 0 Å². The van der Waals surface area contributed by atoms with Gasteiger partial charge in [0.15, 0.2) is 0 Å². The van der Waals surface area contributed by atoms with Crippen LogP contribution in [0.4, 0.5) is 0 Å². The fraction of sp³-hybridized carbons (Fsp3) is 0.417. The number of ether oxygens (including phenoxy) is 1. The van der Waals surface area contributed by atoms with Gasteiger partial charge in [-0.25, -0.2) is 0 Å². The zero-order chi connectivity index (χ0) is 13.0. The lowest BCUT2D eigenvalue weighted by Gasteiger charge is -2.03. The Morgan fingerprint density at radius 2 is 2.33 bits per heavy atom. The number of pyridine rings is 1. The SMILES string of the molecule is CCc1cccnc1-c1noc(C(N)COC)n1. The van der Waals surface area contributed by atoms with Gasteiger partial charge in [0, 0.05) is 13.3 Å². The number of nitrogens with two attached hydrogens (primary N) is 1. The summed E-state index contributed by atoms with van der Waals surface area (Å²) in [7, 11) is 1.57. The summed E-state index contributed by atoms with van der Waals surface area (Å²) in [6.07, 6.45) is 2.57. The van der Waals surface area contributed by atoms with Crippen molar-refractivity contribution in [3.63, 3.8) is 0 Å². The Morgan fingerprint density at radius 1 is 1.50 bits per heavy atom. The molecule has 0 aliphatic rings. The molecule has 0 spiro atoms. The summed E-state index contributed by atoms with van der Waals surface area (Å²) in [4.78, 5) is 8.54. The van der Waals surface area contributed by atoms with E-state index in [-0.39, 0.29) is 0 Å². The standard InChI is InChI=1S/C12H16N4O2/c1-3-8-5-4-6-14-10(8)11-15-12(18-16-11)9(13)7-17-2/h4-6,9H,3,7,13H2,1-2H3. The third-order valence-corrected chi connectivity index (χ3v) is 2.59. The molecule has 0 saturated heterocycles. The summed E-state index contributed by atoms with van der Waals surface area (Å²) in [5.74, 6) is 0.827. The van der Waals surface area contributed by atoms with Gasteiger partial charge in [0.2, 0.25) is 11.7 Å². The van der Waals surface area contributed by atoms with Gasteiger partial charge in [-0.3, -0.25) is 4.98 Å². The second-order valence-electron chi connectivity index (χ2n) is 3.88. The van der Waals surface area contributed by atoms with Gasteiger partial charge in [-0.2, -0.15) is 4.98 Å². The van der Waals surface area contributed by atoms with Crippen molar-refractivity contribution in [3.8, 4) is 11.5 Å². The Morgan fingerprint density at radius 3 is 3.06 bits per heavy atom. The lowest BCUT2D eigenvalue weighted by molar-refractivity contribution is 0.166. The molecule has 2 heterocycles. The first-order valence-electron chi connectivity index (χ1n) is 5.78. The highest BCUT2D eigenvalue weighted by atomic mass is 16.5. The van der Waals surface area contributed by atoms with E-state index in [1.807, 2.05) is 12.1 Å². The first kappa shape index (κ1) is 12.7. The minimum atomic E-state index is -0.412. The topological polar surface area (TPSA) is 87.1 Å². The van der Waals surface area contributed by atoms with Crippen LogP contribution in [0.15, 0.2) is 22.9 Å². The Kier molecular flexibility index (Phi) is 4.01. The molecule has 0 aromatic carbocycles. The molecule has 0 aliphatic heterocycles. The molecule has 6 heteroatoms. The predicted molar refractivity (Wildman–Crippen MR) is 65.7 cm³/mol. The van der Waals surface area contributed by atoms with Crippen molar-refractivity contribution < 1.29 is 9.26 Å². The highest BCUT2D eigenvalue weighted by molar-refractivity contribution is 5.53. The van der Waals surface area contributed by atoms with Crippen LogP contribution in [0.2, 0.25) is 0 Å². The van der Waals surface area contributed by atoms with Gasteiger partial charge in [0.1, 0.15) is 11.7 Å². The summed E-state index contributed by atoms with van der Waals surface area (Å²) < 4.78 is 10.1. The Balaban J connectivity index is 2.29. The molecule has 0 saturated carbocycles. The summed E-state index contributed by atoms with van der Waals surface area (Å²) >= 11 is 0. The first-order valence-corrected chi connectivity index (χ1v) is 5.78. The van der Waals surface area contributed by atoms with Crippen molar-refractivity contribution in [2.45, 2.75) is 19.4 Å². The second kappa shape index (κ2) is 5.70. The Hall–Kier alpha value is -1.79. The fourth-order valence-corrected chi connectivity index (χ4v) is 1.66. The highest BCUT2D eigenvalue weighted by Crippen LogP contribution is 2.20. The van der Waals surface area contributed by atoms with E-state index in [1.54, 1.807) is 13.3 Å². The number of aromatic nitrogens is 3. The Labute approximate surface area is 105 Å². The lowest BCUT2D eigenvalue weighted by Crippen LogP contribution is -2.16. The normalized spacial score (nSPS) is 12.6. The first-order chi connectivity index (χ1) is 8.76. The van der Waals surface area contributed by atoms with Crippen LogP contribution in [0, 0.1) is 0 Å². The molecule has 6 nitrogen and oxygen atoms in total. The van der Waals surface area contributed by atoms with Crippen LogP contribution in [0.25, 0.3) is 11.5 Å². The number of hydrogen-bond donors (Lipinski definition) is 1. The van der Waals surface area contributed by atoms with Gasteiger partial charge >= 0.3 is 0 Å². The maximum absolute atomic E-state index is 5.83. The number of aryl methyl sites for hydroxylation is 1. The molecule has 1 atom stereocenters. The molecule has 2 aromatic rings. The zero-order valence-corrected chi connectivity index (χ0v) is 10.5. The molecule has 2 rings (SSSR count). The number of methoxy groups -OCH3 is 1. The largest absolute Gasteiger partial charge is 0.383 e. The maximum Gasteiger partial charge on any atom is 0.246 e. The maximum atomic E-state index is 5.83. The number of rotatable bonds is 5. The van der Waals surface area contributed by atoms with Crippen molar-refractivity contribution in [3.05, 3.63) is 29.8 Å². The monoisotopic (exact) mass is 248 g/mol. The third kappa shape index (κ3) is 2.55. The van der Waals surface area contributed by atoms with Gasteiger partial charge in [0.05, 0.1) is 6.61 Å². The van der Waals surface area contributed by atoms with Crippen LogP contribution in [-0.2, 0) is 11.2 Å². The molecule has 0 radical (unpaired) electrons. The zero-order valence-electron chi connectivity index (χ0n) is 10.5. The molecule has 18 heavy (non-hydrogen) atoms. The van der Waals surface area contributed by atoms with Crippen molar-refractivity contribution in [2.24, 2.45) is 5.73 Å². The Bertz CT molecular complexity index is 512. The summed E-state index contributed by atoms with van der Waals surface area (Å²) in [6.45, 7) is 2.39. The van der Waals surface area contributed by atoms with Crippen molar-refractivity contribution in [1.29, 1.82) is 0 Å². The van der Waals surface area contributed by atoms with Crippen LogP contribution in [0.3, 0.4) is 0 Å². The van der Waals surface area contributed by atoms with E-state index < -0.39 is 6.04 Å². The van der Waals surface area contributed by atoms with E-state index in [4.69, 9.17) is 15.0 Å². The van der Waals surface area contributed by atoms with Gasteiger partial charge in [-0.05, 0) is 18.1 Å². The third-order valence-electron chi connectivity index (χ3n) is 2.59. The van der Waals surface area contributed by atoms with Gasteiger partial charge in [-0.15, -0.1) is 0 Å². The summed E-state index contributed by atoms with van der Waals surface area (Å²) in [5.41, 5.74) is 7.64. The molecule has 0 aliphatic carbocycles. The summed E-state index contributed by atoms with van der Waals surface area (Å²) in [6, 6.07) is 3.47. The van der Waals surface area contributed by atoms with Crippen LogP contribution >= 0.6 is 0 Å². The van der Waals surface area contributed by atoms with Crippen LogP contribution in [0.1, 0.15) is 24.4 Å². The van der Waals surface area contributed by atoms with Crippen molar-refractivity contribution in [2.75, 3.05) is 13.7 Å². The smallest absolute Gasteiger partial charge is 0.246 e. The average Bonchev–Trinajstić information content (AvgIpc) is 2.88. The molecule has 0 fully saturated rings. The second-order valence-corrected chi connectivity index (χ2v) is 3.88. The van der Waals surface area contributed by atoms with Crippen molar-refractivity contribution in [1.82, 2.24) is 15.1 Å². The molecular formula is C12H16N4O2. The quantitative estimate of drug-likeness (QED) is 0.859. The fourth-order valence-electron chi connectivity index (χ4n) is 1.66. The average molecular weight is 248 g/mol. The number of hydrogen-bond acceptors (Lipinski definition) is 6. The summed E-state index contributed by atoms with van der Waals surface area (Å²) in [5, 5.41) is 3.91. The minimum Gasteiger partial charge on any atom is -0.383 e. The lowest BCUT2D eigenvalue weighted by atomic mass is 10.1. The molecule has 2 N–H and O–H groups in total. The van der Waals surface area contributed by atoms with E-state index >= 15 is 0 Å². The molecule has 96 valence electrons. The van der Waals surface area contributed by atoms with E-state index in [0.29, 0.717) is 18.3 Å². The van der Waals surface area contributed by atoms with E-state index in [1.165, 1.54) is 0 Å². The predicted octanol–water partition coefficient (Wildman–Crippen LogP) is 1.34. The van der Waals surface area contributed by atoms with Gasteiger partial charge in [0.25, 0.3) is 0 Å². The highest BCUT2D eigenvalue weighted by Gasteiger charge is 2.17. The van der Waals surface area contributed by atoms with Crippen LogP contribution in [0.5, 0.6) is 0 Å². The van der Waals surface area contributed by atoms with Crippen LogP contribution in [-0.4, -0.2) is 28.8 Å². The number of nitrogens with zero attached hydrogens (tertiary/aromatic N) is 3. The van der Waals surface area contributed by atoms with Crippen molar-refractivity contribution >= 4 is 0 Å². The van der Waals surface area contributed by atoms with E-state index in [2.05, 4.69) is 22.0 Å². The minimum absolute atomic E-state index is 0.338.